The van der Waals surface area contributed by atoms with Crippen LogP contribution < -0.4 is 11.1 Å². The van der Waals surface area contributed by atoms with E-state index in [9.17, 15) is 9.59 Å². The van der Waals surface area contributed by atoms with Gasteiger partial charge in [-0.2, -0.15) is 0 Å². The summed E-state index contributed by atoms with van der Waals surface area (Å²) in [4.78, 5) is 33.5. The zero-order chi connectivity index (χ0) is 19.0. The van der Waals surface area contributed by atoms with Crippen LogP contribution in [0.4, 0.5) is 5.69 Å². The standard InChI is InChI=1S/C21H24N4O2/c1-13-12-24-18(19(22)26)16(21-8-4-5-14(11-21)7-9-21)17(13)25-20(27)15-6-2-3-10-23-15/h2-3,6,10,12,14H,4-5,7-9,11H2,1H3,(H2,22,26)(H,24,25,27). The Bertz CT molecular complexity index is 893. The number of carbonyl (C=O) groups excluding carboxylic acids is 2. The SMILES string of the molecule is Cc1cnc(C(N)=O)c(C23CCCC(CC2)C3)c1NC(=O)c1ccccn1. The lowest BCUT2D eigenvalue weighted by atomic mass is 9.69. The Morgan fingerprint density at radius 3 is 2.81 bits per heavy atom. The van der Waals surface area contributed by atoms with E-state index in [2.05, 4.69) is 15.3 Å². The summed E-state index contributed by atoms with van der Waals surface area (Å²) in [5.74, 6) is -0.149. The Balaban J connectivity index is 1.82. The lowest BCUT2D eigenvalue weighted by molar-refractivity contribution is 0.0987. The quantitative estimate of drug-likeness (QED) is 0.869. The van der Waals surface area contributed by atoms with Gasteiger partial charge in [-0.05, 0) is 61.6 Å². The highest BCUT2D eigenvalue weighted by Gasteiger charge is 2.46. The number of hydrogen-bond donors (Lipinski definition) is 2. The molecular weight excluding hydrogens is 340 g/mol. The molecule has 140 valence electrons. The second-order valence-electron chi connectivity index (χ2n) is 7.85. The molecule has 0 aromatic carbocycles. The van der Waals surface area contributed by atoms with Crippen LogP contribution in [0.1, 0.15) is 70.6 Å². The van der Waals surface area contributed by atoms with Gasteiger partial charge < -0.3 is 11.1 Å². The van der Waals surface area contributed by atoms with Gasteiger partial charge in [-0.25, -0.2) is 0 Å². The van der Waals surface area contributed by atoms with Crippen LogP contribution >= 0.6 is 0 Å². The number of nitrogens with one attached hydrogen (secondary N) is 1. The number of aromatic nitrogens is 2. The third-order valence-corrected chi connectivity index (χ3v) is 6.15. The topological polar surface area (TPSA) is 98.0 Å². The van der Waals surface area contributed by atoms with E-state index in [-0.39, 0.29) is 11.3 Å². The zero-order valence-electron chi connectivity index (χ0n) is 15.5. The van der Waals surface area contributed by atoms with Gasteiger partial charge in [0.1, 0.15) is 11.4 Å². The zero-order valence-corrected chi connectivity index (χ0v) is 15.5. The minimum absolute atomic E-state index is 0.126. The van der Waals surface area contributed by atoms with E-state index in [1.165, 1.54) is 6.42 Å². The second kappa shape index (κ2) is 6.76. The van der Waals surface area contributed by atoms with Crippen molar-refractivity contribution in [3.05, 3.63) is 53.1 Å². The number of carbonyl (C=O) groups is 2. The van der Waals surface area contributed by atoms with Gasteiger partial charge in [0.15, 0.2) is 0 Å². The summed E-state index contributed by atoms with van der Waals surface area (Å²) in [6, 6.07) is 5.22. The fourth-order valence-electron chi connectivity index (χ4n) is 4.94. The van der Waals surface area contributed by atoms with Gasteiger partial charge in [0, 0.05) is 18.0 Å². The highest BCUT2D eigenvalue weighted by Crippen LogP contribution is 2.55. The van der Waals surface area contributed by atoms with Gasteiger partial charge in [-0.1, -0.05) is 18.9 Å². The molecule has 2 bridgehead atoms. The molecule has 2 fully saturated rings. The first-order valence-electron chi connectivity index (χ1n) is 9.52. The molecule has 2 saturated carbocycles. The monoisotopic (exact) mass is 364 g/mol. The molecule has 2 aromatic rings. The number of rotatable bonds is 4. The van der Waals surface area contributed by atoms with Crippen LogP contribution in [0.15, 0.2) is 30.6 Å². The highest BCUT2D eigenvalue weighted by molar-refractivity contribution is 6.05. The Morgan fingerprint density at radius 2 is 2.07 bits per heavy atom. The van der Waals surface area contributed by atoms with Crippen molar-refractivity contribution in [3.63, 3.8) is 0 Å². The molecule has 6 heteroatoms. The van der Waals surface area contributed by atoms with Crippen LogP contribution in [0.2, 0.25) is 0 Å². The largest absolute Gasteiger partial charge is 0.364 e. The second-order valence-corrected chi connectivity index (χ2v) is 7.85. The molecule has 2 amide bonds. The van der Waals surface area contributed by atoms with Crippen LogP contribution in [0, 0.1) is 12.8 Å². The van der Waals surface area contributed by atoms with Gasteiger partial charge in [-0.15, -0.1) is 0 Å². The maximum atomic E-state index is 12.8. The van der Waals surface area contributed by atoms with E-state index < -0.39 is 5.91 Å². The number of fused-ring (bicyclic) bond motifs is 2. The molecule has 2 aromatic heterocycles. The predicted octanol–water partition coefficient (Wildman–Crippen LogP) is 3.36. The van der Waals surface area contributed by atoms with E-state index in [0.717, 1.165) is 43.2 Å². The predicted molar refractivity (Wildman–Crippen MR) is 103 cm³/mol. The molecule has 2 heterocycles. The molecule has 0 radical (unpaired) electrons. The van der Waals surface area contributed by atoms with Crippen molar-refractivity contribution in [2.24, 2.45) is 11.7 Å². The fourth-order valence-corrected chi connectivity index (χ4v) is 4.94. The molecule has 0 aliphatic heterocycles. The molecule has 0 spiro atoms. The molecule has 4 rings (SSSR count). The first-order valence-corrected chi connectivity index (χ1v) is 9.52. The first-order chi connectivity index (χ1) is 13.0. The summed E-state index contributed by atoms with van der Waals surface area (Å²) in [7, 11) is 0. The Morgan fingerprint density at radius 1 is 1.22 bits per heavy atom. The molecule has 2 aliphatic carbocycles. The number of nitrogens with two attached hydrogens (primary N) is 1. The summed E-state index contributed by atoms with van der Waals surface area (Å²) in [6.45, 7) is 1.90. The summed E-state index contributed by atoms with van der Waals surface area (Å²) < 4.78 is 0. The van der Waals surface area contributed by atoms with E-state index in [1.807, 2.05) is 6.92 Å². The summed E-state index contributed by atoms with van der Waals surface area (Å²) >= 11 is 0. The van der Waals surface area contributed by atoms with Crippen LogP contribution in [-0.2, 0) is 5.41 Å². The van der Waals surface area contributed by atoms with Crippen molar-refractivity contribution < 1.29 is 9.59 Å². The number of anilines is 1. The van der Waals surface area contributed by atoms with Gasteiger partial charge >= 0.3 is 0 Å². The van der Waals surface area contributed by atoms with Crippen molar-refractivity contribution in [1.29, 1.82) is 0 Å². The van der Waals surface area contributed by atoms with Gasteiger partial charge in [0.05, 0.1) is 5.69 Å². The molecule has 0 saturated heterocycles. The molecule has 2 aliphatic rings. The Hall–Kier alpha value is -2.76. The normalized spacial score (nSPS) is 23.8. The van der Waals surface area contributed by atoms with Gasteiger partial charge in [0.2, 0.25) is 0 Å². The van der Waals surface area contributed by atoms with Crippen LogP contribution in [0.5, 0.6) is 0 Å². The lowest BCUT2D eigenvalue weighted by Gasteiger charge is -2.36. The van der Waals surface area contributed by atoms with Gasteiger partial charge in [0.25, 0.3) is 11.8 Å². The third kappa shape index (κ3) is 3.09. The maximum absolute atomic E-state index is 12.8. The fraction of sp³-hybridized carbons (Fsp3) is 0.429. The number of aryl methyl sites for hydroxylation is 1. The highest BCUT2D eigenvalue weighted by atomic mass is 16.2. The number of pyridine rings is 2. The third-order valence-electron chi connectivity index (χ3n) is 6.15. The number of amides is 2. The van der Waals surface area contributed by atoms with E-state index >= 15 is 0 Å². The molecule has 2 unspecified atom stereocenters. The molecule has 3 N–H and O–H groups in total. The van der Waals surface area contributed by atoms with E-state index in [1.54, 1.807) is 30.6 Å². The van der Waals surface area contributed by atoms with Crippen LogP contribution in [-0.4, -0.2) is 21.8 Å². The Kier molecular flexibility index (Phi) is 4.42. The van der Waals surface area contributed by atoms with Crippen molar-refractivity contribution in [2.45, 2.75) is 50.9 Å². The van der Waals surface area contributed by atoms with Crippen molar-refractivity contribution >= 4 is 17.5 Å². The lowest BCUT2D eigenvalue weighted by Crippen LogP contribution is -2.32. The molecule has 6 nitrogen and oxygen atoms in total. The number of hydrogen-bond acceptors (Lipinski definition) is 4. The van der Waals surface area contributed by atoms with Crippen molar-refractivity contribution in [2.75, 3.05) is 5.32 Å². The average molecular weight is 364 g/mol. The molecule has 27 heavy (non-hydrogen) atoms. The molecule has 2 atom stereocenters. The smallest absolute Gasteiger partial charge is 0.274 e. The van der Waals surface area contributed by atoms with E-state index in [0.29, 0.717) is 23.0 Å². The summed E-state index contributed by atoms with van der Waals surface area (Å²) in [5, 5.41) is 3.02. The van der Waals surface area contributed by atoms with Crippen LogP contribution in [0.25, 0.3) is 0 Å². The minimum atomic E-state index is -0.540. The number of nitrogens with zero attached hydrogens (tertiary/aromatic N) is 2. The number of primary amides is 1. The summed E-state index contributed by atoms with van der Waals surface area (Å²) in [6.07, 6.45) is 9.77. The maximum Gasteiger partial charge on any atom is 0.274 e. The molecular formula is C21H24N4O2. The average Bonchev–Trinajstić information content (AvgIpc) is 2.98. The van der Waals surface area contributed by atoms with Crippen molar-refractivity contribution in [1.82, 2.24) is 9.97 Å². The summed E-state index contributed by atoms with van der Waals surface area (Å²) in [5.41, 5.74) is 8.54. The van der Waals surface area contributed by atoms with Crippen molar-refractivity contribution in [3.8, 4) is 0 Å². The van der Waals surface area contributed by atoms with Crippen LogP contribution in [0.3, 0.4) is 0 Å². The van der Waals surface area contributed by atoms with Gasteiger partial charge in [-0.3, -0.25) is 19.6 Å². The minimum Gasteiger partial charge on any atom is -0.364 e. The van der Waals surface area contributed by atoms with E-state index in [4.69, 9.17) is 5.73 Å². The Labute approximate surface area is 158 Å². The first kappa shape index (κ1) is 17.6.